The van der Waals surface area contributed by atoms with Gasteiger partial charge in [-0.05, 0) is 79.7 Å². The highest BCUT2D eigenvalue weighted by Gasteiger charge is 2.44. The van der Waals surface area contributed by atoms with Crippen molar-refractivity contribution < 1.29 is 4.74 Å². The molecule has 0 aliphatic carbocycles. The third-order valence-electron chi connectivity index (χ3n) is 6.81. The van der Waals surface area contributed by atoms with Crippen molar-refractivity contribution in [3.8, 4) is 16.9 Å². The van der Waals surface area contributed by atoms with Crippen LogP contribution in [0, 0.1) is 0 Å². The van der Waals surface area contributed by atoms with Crippen LogP contribution in [0.4, 0.5) is 0 Å². The molecule has 0 amide bonds. The number of aromatic nitrogens is 2. The first-order valence-electron chi connectivity index (χ1n) is 10.3. The molecule has 0 saturated carbocycles. The van der Waals surface area contributed by atoms with E-state index in [1.165, 1.54) is 61.9 Å². The van der Waals surface area contributed by atoms with Gasteiger partial charge in [0.25, 0.3) is 0 Å². The quantitative estimate of drug-likeness (QED) is 0.648. The molecule has 6 rings (SSSR count). The molecule has 2 saturated heterocycles. The van der Waals surface area contributed by atoms with Crippen molar-refractivity contribution >= 4 is 5.65 Å². The Labute approximate surface area is 159 Å². The summed E-state index contributed by atoms with van der Waals surface area (Å²) < 4.78 is 8.71. The molecule has 27 heavy (non-hydrogen) atoms. The Bertz CT molecular complexity index is 1010. The van der Waals surface area contributed by atoms with Crippen LogP contribution in [0.1, 0.15) is 37.7 Å². The monoisotopic (exact) mass is 359 g/mol. The van der Waals surface area contributed by atoms with Crippen molar-refractivity contribution in [3.63, 3.8) is 0 Å². The molecule has 0 radical (unpaired) electrons. The zero-order chi connectivity index (χ0) is 17.8. The Morgan fingerprint density at radius 1 is 1.07 bits per heavy atom. The lowest BCUT2D eigenvalue weighted by Crippen LogP contribution is -2.39. The van der Waals surface area contributed by atoms with E-state index in [1.54, 1.807) is 0 Å². The van der Waals surface area contributed by atoms with E-state index in [0.717, 1.165) is 23.9 Å². The number of benzene rings is 1. The number of ether oxygens (including phenoxy) is 1. The number of pyridine rings is 1. The fourth-order valence-corrected chi connectivity index (χ4v) is 5.51. The zero-order valence-electron chi connectivity index (χ0n) is 15.6. The van der Waals surface area contributed by atoms with E-state index in [2.05, 4.69) is 50.8 Å². The maximum atomic E-state index is 6.63. The summed E-state index contributed by atoms with van der Waals surface area (Å²) in [5.74, 6) is 1.11. The van der Waals surface area contributed by atoms with Gasteiger partial charge in [-0.3, -0.25) is 0 Å². The summed E-state index contributed by atoms with van der Waals surface area (Å²) in [6.45, 7) is 2.54. The van der Waals surface area contributed by atoms with E-state index < -0.39 is 0 Å². The summed E-state index contributed by atoms with van der Waals surface area (Å²) in [5, 5.41) is 0. The summed E-state index contributed by atoms with van der Waals surface area (Å²) in [6.07, 6.45) is 13.4. The number of nitrogens with zero attached hydrogens (tertiary/aromatic N) is 3. The summed E-state index contributed by atoms with van der Waals surface area (Å²) in [5.41, 5.74) is 4.89. The van der Waals surface area contributed by atoms with Crippen LogP contribution < -0.4 is 4.74 Å². The number of hydrogen-bond donors (Lipinski definition) is 0. The lowest BCUT2D eigenvalue weighted by molar-refractivity contribution is 0.0649. The minimum atomic E-state index is 0.0268. The minimum Gasteiger partial charge on any atom is -0.487 e. The Morgan fingerprint density at radius 3 is 3.00 bits per heavy atom. The predicted octanol–water partition coefficient (Wildman–Crippen LogP) is 4.32. The number of imidazole rings is 1. The first-order chi connectivity index (χ1) is 13.3. The number of hydrogen-bond acceptors (Lipinski definition) is 3. The first-order valence-corrected chi connectivity index (χ1v) is 10.3. The summed E-state index contributed by atoms with van der Waals surface area (Å²) >= 11 is 0. The van der Waals surface area contributed by atoms with Crippen LogP contribution >= 0.6 is 0 Å². The molecule has 2 aromatic heterocycles. The molecule has 1 spiro atoms. The maximum Gasteiger partial charge on any atom is 0.136 e. The highest BCUT2D eigenvalue weighted by atomic mass is 16.5. The van der Waals surface area contributed by atoms with E-state index in [1.807, 2.05) is 12.4 Å². The number of fused-ring (bicyclic) bond motifs is 3. The molecule has 2 fully saturated rings. The van der Waals surface area contributed by atoms with Gasteiger partial charge in [-0.25, -0.2) is 4.98 Å². The lowest BCUT2D eigenvalue weighted by atomic mass is 9.86. The molecule has 0 N–H and O–H groups in total. The average molecular weight is 359 g/mol. The van der Waals surface area contributed by atoms with Gasteiger partial charge in [-0.15, -0.1) is 0 Å². The van der Waals surface area contributed by atoms with Crippen molar-refractivity contribution in [3.05, 3.63) is 54.5 Å². The second-order valence-electron chi connectivity index (χ2n) is 8.53. The van der Waals surface area contributed by atoms with E-state index >= 15 is 0 Å². The molecule has 2 unspecified atom stereocenters. The molecule has 138 valence electrons. The van der Waals surface area contributed by atoms with Crippen LogP contribution in [-0.2, 0) is 6.42 Å². The Hall–Kier alpha value is -2.33. The van der Waals surface area contributed by atoms with Crippen molar-refractivity contribution in [2.45, 2.75) is 50.2 Å². The van der Waals surface area contributed by atoms with Gasteiger partial charge in [-0.2, -0.15) is 0 Å². The lowest BCUT2D eigenvalue weighted by Gasteiger charge is -2.30. The molecule has 3 aromatic rings. The van der Waals surface area contributed by atoms with Crippen molar-refractivity contribution in [1.82, 2.24) is 14.3 Å². The van der Waals surface area contributed by atoms with Gasteiger partial charge >= 0.3 is 0 Å². The molecule has 5 heterocycles. The predicted molar refractivity (Wildman–Crippen MR) is 106 cm³/mol. The molecule has 4 heteroatoms. The molecule has 2 atom stereocenters. The third kappa shape index (κ3) is 2.58. The number of rotatable bonds is 1. The largest absolute Gasteiger partial charge is 0.487 e. The smallest absolute Gasteiger partial charge is 0.136 e. The molecular formula is C23H25N3O. The van der Waals surface area contributed by atoms with Crippen molar-refractivity contribution in [2.24, 2.45) is 0 Å². The molecule has 3 aliphatic rings. The minimum absolute atomic E-state index is 0.0268. The summed E-state index contributed by atoms with van der Waals surface area (Å²) in [6, 6.07) is 11.7. The van der Waals surface area contributed by atoms with Gasteiger partial charge in [-0.1, -0.05) is 6.07 Å². The van der Waals surface area contributed by atoms with Gasteiger partial charge in [0.05, 0.1) is 0 Å². The van der Waals surface area contributed by atoms with Crippen LogP contribution in [0.25, 0.3) is 16.8 Å². The zero-order valence-corrected chi connectivity index (χ0v) is 15.6. The van der Waals surface area contributed by atoms with Crippen LogP contribution in [0.15, 0.2) is 48.9 Å². The van der Waals surface area contributed by atoms with Gasteiger partial charge in [0.2, 0.25) is 0 Å². The van der Waals surface area contributed by atoms with Crippen LogP contribution in [0.2, 0.25) is 0 Å². The SMILES string of the molecule is c1cn2cc(-c3ccc4c(c3)CC3(CCCN5CCCC5C3)O4)ccc2n1. The van der Waals surface area contributed by atoms with Gasteiger partial charge in [0, 0.05) is 37.5 Å². The summed E-state index contributed by atoms with van der Waals surface area (Å²) in [4.78, 5) is 7.04. The highest BCUT2D eigenvalue weighted by Crippen LogP contribution is 2.45. The Morgan fingerprint density at radius 2 is 2.00 bits per heavy atom. The molecule has 4 nitrogen and oxygen atoms in total. The highest BCUT2D eigenvalue weighted by molar-refractivity contribution is 5.67. The van der Waals surface area contributed by atoms with E-state index in [9.17, 15) is 0 Å². The standard InChI is InChI=1S/C23H25N3O/c1-3-20-15-23(8-2-11-25(20)10-1)14-19-13-17(4-6-21(19)27-23)18-5-7-22-24-9-12-26(22)16-18/h4-7,9,12-13,16,20H,1-3,8,10-11,14-15H2. The van der Waals surface area contributed by atoms with E-state index in [4.69, 9.17) is 4.74 Å². The molecular weight excluding hydrogens is 334 g/mol. The third-order valence-corrected chi connectivity index (χ3v) is 6.81. The Kier molecular flexibility index (Phi) is 3.39. The molecule has 0 bridgehead atoms. The van der Waals surface area contributed by atoms with Gasteiger partial charge in [0.15, 0.2) is 0 Å². The van der Waals surface area contributed by atoms with Crippen molar-refractivity contribution in [1.29, 1.82) is 0 Å². The first kappa shape index (κ1) is 15.7. The van der Waals surface area contributed by atoms with Crippen molar-refractivity contribution in [2.75, 3.05) is 13.1 Å². The van der Waals surface area contributed by atoms with Crippen LogP contribution in [0.5, 0.6) is 5.75 Å². The maximum absolute atomic E-state index is 6.63. The molecule has 3 aliphatic heterocycles. The second-order valence-corrected chi connectivity index (χ2v) is 8.53. The fraction of sp³-hybridized carbons (Fsp3) is 0.435. The van der Waals surface area contributed by atoms with E-state index in [0.29, 0.717) is 0 Å². The normalized spacial score (nSPS) is 27.5. The fourth-order valence-electron chi connectivity index (χ4n) is 5.51. The topological polar surface area (TPSA) is 29.8 Å². The molecule has 1 aromatic carbocycles. The van der Waals surface area contributed by atoms with Gasteiger partial charge in [0.1, 0.15) is 17.0 Å². The van der Waals surface area contributed by atoms with Gasteiger partial charge < -0.3 is 14.0 Å². The van der Waals surface area contributed by atoms with E-state index in [-0.39, 0.29) is 5.60 Å². The summed E-state index contributed by atoms with van der Waals surface area (Å²) in [7, 11) is 0. The van der Waals surface area contributed by atoms with Crippen LogP contribution in [-0.4, -0.2) is 39.0 Å². The van der Waals surface area contributed by atoms with Crippen LogP contribution in [0.3, 0.4) is 0 Å². The Balaban J connectivity index is 1.32. The average Bonchev–Trinajstić information content (AvgIpc) is 3.37. The second kappa shape index (κ2) is 5.83.